The van der Waals surface area contributed by atoms with E-state index in [0.29, 0.717) is 24.3 Å². The maximum Gasteiger partial charge on any atom is 0.295 e. The Hall–Kier alpha value is -3.28. The highest BCUT2D eigenvalue weighted by Crippen LogP contribution is 2.41. The van der Waals surface area contributed by atoms with Gasteiger partial charge in [-0.3, -0.25) is 9.59 Å². The lowest BCUT2D eigenvalue weighted by molar-refractivity contribution is -0.139. The molecule has 6 nitrogen and oxygen atoms in total. The molecule has 3 rings (SSSR count). The van der Waals surface area contributed by atoms with E-state index in [1.807, 2.05) is 56.3 Å². The quantitative estimate of drug-likeness (QED) is 0.385. The second-order valence-corrected chi connectivity index (χ2v) is 9.64. The van der Waals surface area contributed by atoms with Crippen molar-refractivity contribution in [3.63, 3.8) is 0 Å². The molecular weight excluding hydrogens is 416 g/mol. The van der Waals surface area contributed by atoms with Crippen LogP contribution in [-0.4, -0.2) is 49.4 Å². The number of amides is 1. The summed E-state index contributed by atoms with van der Waals surface area (Å²) in [7, 11) is 5.51. The highest BCUT2D eigenvalue weighted by atomic mass is 16.5. The summed E-state index contributed by atoms with van der Waals surface area (Å²) in [4.78, 5) is 29.6. The van der Waals surface area contributed by atoms with Gasteiger partial charge in [-0.05, 0) is 47.7 Å². The van der Waals surface area contributed by atoms with Crippen molar-refractivity contribution in [2.75, 3.05) is 32.6 Å². The van der Waals surface area contributed by atoms with Crippen molar-refractivity contribution >= 4 is 23.1 Å². The van der Waals surface area contributed by atoms with E-state index in [1.165, 1.54) is 0 Å². The van der Waals surface area contributed by atoms with E-state index in [0.717, 1.165) is 16.8 Å². The standard InChI is InChI=1S/C27H34N2O4/c1-8-15-29-23(17-9-12-19(13-10-17)28(5)6)22(25(31)26(29)32)24(30)18-11-14-21(33-7)20(16-18)27(2,3)4/h9-14,16,23,30H,8,15H2,1-7H3/b24-22-. The number of ketones is 1. The van der Waals surface area contributed by atoms with Gasteiger partial charge in [-0.2, -0.15) is 0 Å². The predicted molar refractivity (Wildman–Crippen MR) is 132 cm³/mol. The van der Waals surface area contributed by atoms with Crippen molar-refractivity contribution in [1.82, 2.24) is 4.90 Å². The number of likely N-dealkylation sites (tertiary alicyclic amines) is 1. The van der Waals surface area contributed by atoms with Crippen LogP contribution in [0.15, 0.2) is 48.0 Å². The van der Waals surface area contributed by atoms with Crippen LogP contribution in [0.3, 0.4) is 0 Å². The van der Waals surface area contributed by atoms with Crippen molar-refractivity contribution in [3.05, 3.63) is 64.7 Å². The summed E-state index contributed by atoms with van der Waals surface area (Å²) < 4.78 is 5.51. The number of ether oxygens (including phenoxy) is 1. The Kier molecular flexibility index (Phi) is 6.86. The highest BCUT2D eigenvalue weighted by molar-refractivity contribution is 6.46. The number of hydrogen-bond donors (Lipinski definition) is 1. The van der Waals surface area contributed by atoms with E-state index in [-0.39, 0.29) is 16.7 Å². The minimum absolute atomic E-state index is 0.121. The number of Topliss-reactive ketones (excluding diaryl/α,β-unsaturated/α-hetero) is 1. The van der Waals surface area contributed by atoms with Gasteiger partial charge in [0.2, 0.25) is 0 Å². The van der Waals surface area contributed by atoms with Crippen molar-refractivity contribution in [1.29, 1.82) is 0 Å². The summed E-state index contributed by atoms with van der Waals surface area (Å²) in [6, 6.07) is 12.4. The molecule has 1 aliphatic heterocycles. The van der Waals surface area contributed by atoms with Crippen LogP contribution in [0.2, 0.25) is 0 Å². The molecule has 2 aromatic carbocycles. The average Bonchev–Trinajstić information content (AvgIpc) is 3.03. The maximum absolute atomic E-state index is 13.1. The normalized spacial score (nSPS) is 18.0. The number of rotatable bonds is 6. The molecule has 176 valence electrons. The molecule has 0 spiro atoms. The summed E-state index contributed by atoms with van der Waals surface area (Å²) in [5.41, 5.74) is 3.08. The number of methoxy groups -OCH3 is 1. The minimum atomic E-state index is -0.657. The molecule has 2 aromatic rings. The number of aliphatic hydroxyl groups excluding tert-OH is 1. The fraction of sp³-hybridized carbons (Fsp3) is 0.407. The van der Waals surface area contributed by atoms with Gasteiger partial charge >= 0.3 is 0 Å². The van der Waals surface area contributed by atoms with E-state index >= 15 is 0 Å². The summed E-state index contributed by atoms with van der Waals surface area (Å²) in [5.74, 6) is -0.691. The molecule has 1 amide bonds. The smallest absolute Gasteiger partial charge is 0.295 e. The summed E-state index contributed by atoms with van der Waals surface area (Å²) in [6.45, 7) is 8.56. The van der Waals surface area contributed by atoms with Gasteiger partial charge in [-0.25, -0.2) is 0 Å². The zero-order chi connectivity index (χ0) is 24.5. The molecular formula is C27H34N2O4. The molecule has 1 unspecified atom stereocenters. The number of anilines is 1. The van der Waals surface area contributed by atoms with Crippen molar-refractivity contribution < 1.29 is 19.4 Å². The molecule has 1 fully saturated rings. The molecule has 0 bridgehead atoms. The molecule has 0 radical (unpaired) electrons. The minimum Gasteiger partial charge on any atom is -0.507 e. The molecule has 33 heavy (non-hydrogen) atoms. The maximum atomic E-state index is 13.1. The van der Waals surface area contributed by atoms with Crippen LogP contribution in [0.5, 0.6) is 5.75 Å². The lowest BCUT2D eigenvalue weighted by Gasteiger charge is -2.26. The third-order valence-corrected chi connectivity index (χ3v) is 6.01. The largest absolute Gasteiger partial charge is 0.507 e. The Morgan fingerprint density at radius 3 is 2.24 bits per heavy atom. The second-order valence-electron chi connectivity index (χ2n) is 9.64. The van der Waals surface area contributed by atoms with Crippen molar-refractivity contribution in [2.45, 2.75) is 45.6 Å². The summed E-state index contributed by atoms with van der Waals surface area (Å²) >= 11 is 0. The zero-order valence-electron chi connectivity index (χ0n) is 20.6. The fourth-order valence-corrected chi connectivity index (χ4v) is 4.25. The molecule has 1 aliphatic rings. The van der Waals surface area contributed by atoms with Crippen LogP contribution in [0.1, 0.15) is 56.8 Å². The molecule has 1 heterocycles. The zero-order valence-corrected chi connectivity index (χ0v) is 20.6. The van der Waals surface area contributed by atoms with Crippen LogP contribution in [0.25, 0.3) is 5.76 Å². The Morgan fingerprint density at radius 1 is 1.09 bits per heavy atom. The van der Waals surface area contributed by atoms with Gasteiger partial charge in [-0.15, -0.1) is 0 Å². The molecule has 1 N–H and O–H groups in total. The summed E-state index contributed by atoms with van der Waals surface area (Å²) in [6.07, 6.45) is 0.704. The van der Waals surface area contributed by atoms with Crippen molar-refractivity contribution in [2.24, 2.45) is 0 Å². The number of hydrogen-bond acceptors (Lipinski definition) is 5. The van der Waals surface area contributed by atoms with Crippen LogP contribution in [-0.2, 0) is 15.0 Å². The van der Waals surface area contributed by atoms with Crippen LogP contribution in [0.4, 0.5) is 5.69 Å². The lowest BCUT2D eigenvalue weighted by atomic mass is 9.84. The van der Waals surface area contributed by atoms with Gasteiger partial charge in [0.25, 0.3) is 11.7 Å². The van der Waals surface area contributed by atoms with Gasteiger partial charge in [0, 0.05) is 37.5 Å². The fourth-order valence-electron chi connectivity index (χ4n) is 4.25. The van der Waals surface area contributed by atoms with Crippen LogP contribution >= 0.6 is 0 Å². The lowest BCUT2D eigenvalue weighted by Crippen LogP contribution is -2.30. The van der Waals surface area contributed by atoms with Gasteiger partial charge < -0.3 is 19.6 Å². The Bertz CT molecular complexity index is 1080. The Labute approximate surface area is 196 Å². The number of carbonyl (C=O) groups is 2. The first-order valence-electron chi connectivity index (χ1n) is 11.3. The first kappa shape index (κ1) is 24.4. The van der Waals surface area contributed by atoms with Gasteiger partial charge in [0.05, 0.1) is 18.7 Å². The number of benzene rings is 2. The van der Waals surface area contributed by atoms with Crippen molar-refractivity contribution in [3.8, 4) is 5.75 Å². The first-order valence-corrected chi connectivity index (χ1v) is 11.3. The predicted octanol–water partition coefficient (Wildman–Crippen LogP) is 4.89. The molecule has 0 aliphatic carbocycles. The van der Waals surface area contributed by atoms with E-state index in [9.17, 15) is 14.7 Å². The third kappa shape index (κ3) is 4.61. The number of carbonyl (C=O) groups excluding carboxylic acids is 2. The van der Waals surface area contributed by atoms with Gasteiger partial charge in [-0.1, -0.05) is 39.8 Å². The van der Waals surface area contributed by atoms with E-state index < -0.39 is 17.7 Å². The topological polar surface area (TPSA) is 70.1 Å². The number of nitrogens with zero attached hydrogens (tertiary/aromatic N) is 2. The number of aliphatic hydroxyl groups is 1. The Morgan fingerprint density at radius 2 is 1.73 bits per heavy atom. The highest BCUT2D eigenvalue weighted by Gasteiger charge is 2.45. The molecule has 0 saturated carbocycles. The SMILES string of the molecule is CCCN1C(=O)C(=O)/C(=C(\O)c2ccc(OC)c(C(C)(C)C)c2)C1c1ccc(N(C)C)cc1. The van der Waals surface area contributed by atoms with Crippen LogP contribution in [0, 0.1) is 0 Å². The molecule has 0 aromatic heterocycles. The third-order valence-electron chi connectivity index (χ3n) is 6.01. The van der Waals surface area contributed by atoms with E-state index in [4.69, 9.17) is 4.74 Å². The molecule has 1 saturated heterocycles. The average molecular weight is 451 g/mol. The molecule has 1 atom stereocenters. The second kappa shape index (κ2) is 9.30. The monoisotopic (exact) mass is 450 g/mol. The van der Waals surface area contributed by atoms with Gasteiger partial charge in [0.1, 0.15) is 11.5 Å². The molecule has 6 heteroatoms. The summed E-state index contributed by atoms with van der Waals surface area (Å²) in [5, 5.41) is 11.4. The van der Waals surface area contributed by atoms with E-state index in [1.54, 1.807) is 24.1 Å². The first-order chi connectivity index (χ1) is 15.5. The van der Waals surface area contributed by atoms with Crippen LogP contribution < -0.4 is 9.64 Å². The van der Waals surface area contributed by atoms with E-state index in [2.05, 4.69) is 20.8 Å². The van der Waals surface area contributed by atoms with Gasteiger partial charge in [0.15, 0.2) is 0 Å². The Balaban J connectivity index is 2.20.